The van der Waals surface area contributed by atoms with Gasteiger partial charge in [-0.25, -0.2) is 0 Å². The maximum Gasteiger partial charge on any atom is 0.258 e. The molecule has 0 radical (unpaired) electrons. The zero-order valence-electron chi connectivity index (χ0n) is 19.4. The second-order valence-electron chi connectivity index (χ2n) is 10.1. The highest BCUT2D eigenvalue weighted by Gasteiger charge is 2.45. The van der Waals surface area contributed by atoms with Gasteiger partial charge in [0.05, 0.1) is 22.3 Å². The van der Waals surface area contributed by atoms with Crippen molar-refractivity contribution in [1.29, 1.82) is 0 Å². The van der Waals surface area contributed by atoms with Crippen LogP contribution in [0.1, 0.15) is 52.7 Å². The van der Waals surface area contributed by atoms with Crippen LogP contribution in [-0.2, 0) is 4.79 Å². The number of hydrogen-bond donors (Lipinski definition) is 1. The van der Waals surface area contributed by atoms with E-state index in [2.05, 4.69) is 82.9 Å². The molecule has 31 heavy (non-hydrogen) atoms. The standard InChI is InChI=1S/C26H30N4O/c1-16-12-14-17(15-13-16)30-22(20-18-10-8-9-11-19(18)27-24(20)31)21(28-25(2,3)4)23(30)29-26(5,6)7/h8-15H,1-7H3,(H,27,31)/b22-20+,28-21?,29-23?. The first-order chi connectivity index (χ1) is 14.4. The second kappa shape index (κ2) is 7.19. The molecule has 0 atom stereocenters. The molecule has 0 saturated carbocycles. The van der Waals surface area contributed by atoms with Crippen LogP contribution in [0.15, 0.2) is 64.2 Å². The Hall–Kier alpha value is -3.21. The molecule has 2 heterocycles. The van der Waals surface area contributed by atoms with Gasteiger partial charge in [-0.15, -0.1) is 0 Å². The van der Waals surface area contributed by atoms with Gasteiger partial charge in [-0.05, 0) is 66.7 Å². The molecule has 0 aromatic heterocycles. The summed E-state index contributed by atoms with van der Waals surface area (Å²) in [6.45, 7) is 14.5. The molecule has 4 rings (SSSR count). The first-order valence-electron chi connectivity index (χ1n) is 10.7. The maximum atomic E-state index is 13.1. The third-order valence-corrected chi connectivity index (χ3v) is 4.96. The molecule has 160 valence electrons. The van der Waals surface area contributed by atoms with Crippen molar-refractivity contribution in [3.63, 3.8) is 0 Å². The lowest BCUT2D eigenvalue weighted by atomic mass is 9.92. The van der Waals surface area contributed by atoms with Crippen molar-refractivity contribution in [3.05, 3.63) is 65.4 Å². The Morgan fingerprint density at radius 2 is 1.45 bits per heavy atom. The van der Waals surface area contributed by atoms with E-state index in [0.717, 1.165) is 34.2 Å². The van der Waals surface area contributed by atoms with Gasteiger partial charge in [-0.2, -0.15) is 0 Å². The number of benzene rings is 2. The lowest BCUT2D eigenvalue weighted by molar-refractivity contribution is -0.110. The van der Waals surface area contributed by atoms with E-state index in [1.807, 2.05) is 24.3 Å². The summed E-state index contributed by atoms with van der Waals surface area (Å²) in [6, 6.07) is 16.1. The normalized spacial score (nSPS) is 21.4. The third kappa shape index (κ3) is 4.05. The Morgan fingerprint density at radius 3 is 2.06 bits per heavy atom. The highest BCUT2D eigenvalue weighted by atomic mass is 16.2. The van der Waals surface area contributed by atoms with Crippen LogP contribution in [0.4, 0.5) is 11.4 Å². The van der Waals surface area contributed by atoms with Gasteiger partial charge in [-0.1, -0.05) is 35.9 Å². The van der Waals surface area contributed by atoms with Gasteiger partial charge < -0.3 is 5.32 Å². The summed E-state index contributed by atoms with van der Waals surface area (Å²) in [7, 11) is 0. The van der Waals surface area contributed by atoms with Crippen molar-refractivity contribution in [3.8, 4) is 0 Å². The van der Waals surface area contributed by atoms with Crippen LogP contribution in [0.25, 0.3) is 5.57 Å². The van der Waals surface area contributed by atoms with Crippen LogP contribution in [0, 0.1) is 6.92 Å². The zero-order chi connectivity index (χ0) is 22.6. The molecule has 5 nitrogen and oxygen atoms in total. The van der Waals surface area contributed by atoms with Crippen molar-refractivity contribution >= 4 is 34.4 Å². The molecule has 1 N–H and O–H groups in total. The number of aliphatic imine (C=N–C) groups is 2. The Bertz CT molecular complexity index is 1140. The van der Waals surface area contributed by atoms with Gasteiger partial charge in [0.2, 0.25) is 0 Å². The minimum Gasteiger partial charge on any atom is -0.321 e. The van der Waals surface area contributed by atoms with E-state index in [-0.39, 0.29) is 17.0 Å². The fourth-order valence-corrected chi connectivity index (χ4v) is 3.76. The Balaban J connectivity index is 2.02. The smallest absolute Gasteiger partial charge is 0.258 e. The number of fused-ring (bicyclic) bond motifs is 1. The number of nitrogens with zero attached hydrogens (tertiary/aromatic N) is 3. The summed E-state index contributed by atoms with van der Waals surface area (Å²) in [5, 5.41) is 3.01. The number of amidine groups is 1. The van der Waals surface area contributed by atoms with Crippen molar-refractivity contribution in [2.24, 2.45) is 9.98 Å². The monoisotopic (exact) mass is 414 g/mol. The first-order valence-corrected chi connectivity index (χ1v) is 10.7. The number of carbonyl (C=O) groups excluding carboxylic acids is 1. The molecule has 5 heteroatoms. The van der Waals surface area contributed by atoms with E-state index in [1.54, 1.807) is 0 Å². The van der Waals surface area contributed by atoms with Crippen molar-refractivity contribution < 1.29 is 4.79 Å². The van der Waals surface area contributed by atoms with Crippen molar-refractivity contribution in [1.82, 2.24) is 0 Å². The molecule has 2 aromatic carbocycles. The van der Waals surface area contributed by atoms with E-state index >= 15 is 0 Å². The van der Waals surface area contributed by atoms with Gasteiger partial charge in [0.1, 0.15) is 5.71 Å². The molecule has 0 bridgehead atoms. The highest BCUT2D eigenvalue weighted by molar-refractivity contribution is 6.65. The van der Waals surface area contributed by atoms with E-state index in [4.69, 9.17) is 9.98 Å². The molecule has 0 spiro atoms. The van der Waals surface area contributed by atoms with Crippen LogP contribution in [0.2, 0.25) is 0 Å². The van der Waals surface area contributed by atoms with Gasteiger partial charge in [0, 0.05) is 16.9 Å². The molecule has 2 aliphatic rings. The Kier molecular flexibility index (Phi) is 4.88. The number of carbonyl (C=O) groups is 1. The van der Waals surface area contributed by atoms with Gasteiger partial charge in [0.25, 0.3) is 5.91 Å². The number of nitrogens with one attached hydrogen (secondary N) is 1. The summed E-state index contributed by atoms with van der Waals surface area (Å²) in [4.78, 5) is 25.2. The molecule has 1 fully saturated rings. The van der Waals surface area contributed by atoms with Gasteiger partial charge in [0.15, 0.2) is 5.84 Å². The molecular weight excluding hydrogens is 384 g/mol. The number of anilines is 2. The SMILES string of the molecule is Cc1ccc(N2C(=NC(C)(C)C)C(=NC(C)(C)C)/C2=C2\C(=O)Nc3ccccc32)cc1. The first kappa shape index (κ1) is 21.0. The van der Waals surface area contributed by atoms with Crippen LogP contribution < -0.4 is 10.2 Å². The quantitative estimate of drug-likeness (QED) is 0.616. The predicted molar refractivity (Wildman–Crippen MR) is 130 cm³/mol. The average Bonchev–Trinajstić information content (AvgIpc) is 2.98. The van der Waals surface area contributed by atoms with Crippen molar-refractivity contribution in [2.45, 2.75) is 59.5 Å². The van der Waals surface area contributed by atoms with E-state index < -0.39 is 0 Å². The highest BCUT2D eigenvalue weighted by Crippen LogP contribution is 2.42. The number of rotatable bonds is 1. The molecule has 1 saturated heterocycles. The summed E-state index contributed by atoms with van der Waals surface area (Å²) >= 11 is 0. The van der Waals surface area contributed by atoms with E-state index in [9.17, 15) is 4.79 Å². The average molecular weight is 415 g/mol. The summed E-state index contributed by atoms with van der Waals surface area (Å²) in [5.74, 6) is 0.690. The minimum absolute atomic E-state index is 0.107. The summed E-state index contributed by atoms with van der Waals surface area (Å²) in [6.07, 6.45) is 0. The minimum atomic E-state index is -0.312. The van der Waals surface area contributed by atoms with Crippen LogP contribution >= 0.6 is 0 Å². The summed E-state index contributed by atoms with van der Waals surface area (Å²) < 4.78 is 0. The molecule has 2 aliphatic heterocycles. The van der Waals surface area contributed by atoms with Gasteiger partial charge >= 0.3 is 0 Å². The van der Waals surface area contributed by atoms with E-state index in [1.165, 1.54) is 5.56 Å². The molecule has 1 amide bonds. The molecule has 0 unspecified atom stereocenters. The van der Waals surface area contributed by atoms with Crippen LogP contribution in [0.3, 0.4) is 0 Å². The summed E-state index contributed by atoms with van der Waals surface area (Å²) in [5.41, 5.74) is 5.52. The predicted octanol–water partition coefficient (Wildman–Crippen LogP) is 5.61. The van der Waals surface area contributed by atoms with E-state index in [0.29, 0.717) is 5.57 Å². The lowest BCUT2D eigenvalue weighted by Gasteiger charge is -2.42. The van der Waals surface area contributed by atoms with Crippen LogP contribution in [0.5, 0.6) is 0 Å². The fourth-order valence-electron chi connectivity index (χ4n) is 3.76. The number of aryl methyl sites for hydroxylation is 1. The Labute approximate surface area is 184 Å². The maximum absolute atomic E-state index is 13.1. The van der Waals surface area contributed by atoms with Crippen molar-refractivity contribution in [2.75, 3.05) is 10.2 Å². The van der Waals surface area contributed by atoms with Gasteiger partial charge in [-0.3, -0.25) is 19.7 Å². The number of para-hydroxylation sites is 1. The fraction of sp³-hybridized carbons (Fsp3) is 0.346. The number of amides is 1. The number of hydrogen-bond acceptors (Lipinski definition) is 3. The topological polar surface area (TPSA) is 57.1 Å². The molecule has 2 aromatic rings. The van der Waals surface area contributed by atoms with Crippen LogP contribution in [-0.4, -0.2) is 28.5 Å². The third-order valence-electron chi connectivity index (χ3n) is 4.96. The molecular formula is C26H30N4O. The molecule has 0 aliphatic carbocycles. The largest absolute Gasteiger partial charge is 0.321 e. The second-order valence-corrected chi connectivity index (χ2v) is 10.1. The lowest BCUT2D eigenvalue weighted by Crippen LogP contribution is -2.54. The Morgan fingerprint density at radius 1 is 0.839 bits per heavy atom. The zero-order valence-corrected chi connectivity index (χ0v) is 19.4.